The number of benzene rings is 1. The fraction of sp³-hybridized carbons (Fsp3) is 0.500. The van der Waals surface area contributed by atoms with Gasteiger partial charge in [0.2, 0.25) is 5.95 Å². The van der Waals surface area contributed by atoms with E-state index < -0.39 is 52.6 Å². The summed E-state index contributed by atoms with van der Waals surface area (Å²) in [5.41, 5.74) is -1.70. The molecule has 2 atom stereocenters. The van der Waals surface area contributed by atoms with Crippen molar-refractivity contribution in [3.8, 4) is 0 Å². The summed E-state index contributed by atoms with van der Waals surface area (Å²) >= 11 is 0. The molecule has 0 saturated heterocycles. The number of hydrazine groups is 1. The molecule has 7 nitrogen and oxygen atoms in total. The molecular formula is C24H24F6N6O. The molecule has 5 rings (SSSR count). The number of hydrogen-bond acceptors (Lipinski definition) is 6. The van der Waals surface area contributed by atoms with Crippen molar-refractivity contribution < 1.29 is 31.1 Å². The summed E-state index contributed by atoms with van der Waals surface area (Å²) in [7, 11) is 0. The fourth-order valence-electron chi connectivity index (χ4n) is 4.64. The van der Waals surface area contributed by atoms with Crippen molar-refractivity contribution in [3.63, 3.8) is 0 Å². The topological polar surface area (TPSA) is 73.7 Å². The van der Waals surface area contributed by atoms with Gasteiger partial charge in [-0.2, -0.15) is 26.3 Å². The van der Waals surface area contributed by atoms with Gasteiger partial charge in [0.15, 0.2) is 6.17 Å². The van der Waals surface area contributed by atoms with E-state index in [9.17, 15) is 31.1 Å². The second-order valence-corrected chi connectivity index (χ2v) is 9.76. The molecular weight excluding hydrogens is 502 g/mol. The molecule has 1 aliphatic heterocycles. The molecule has 1 aromatic heterocycles. The summed E-state index contributed by atoms with van der Waals surface area (Å²) < 4.78 is 82.6. The quantitative estimate of drug-likeness (QED) is 0.530. The van der Waals surface area contributed by atoms with Crippen LogP contribution in [0, 0.1) is 5.92 Å². The molecule has 0 radical (unpaired) electrons. The van der Waals surface area contributed by atoms with E-state index in [1.807, 2.05) is 0 Å². The first-order valence-corrected chi connectivity index (χ1v) is 11.9. The van der Waals surface area contributed by atoms with E-state index in [-0.39, 0.29) is 31.3 Å². The first kappa shape index (κ1) is 25.3. The van der Waals surface area contributed by atoms with Crippen molar-refractivity contribution in [1.82, 2.24) is 20.3 Å². The number of nitrogens with one attached hydrogen (secondary N) is 1. The van der Waals surface area contributed by atoms with E-state index in [1.54, 1.807) is 13.0 Å². The van der Waals surface area contributed by atoms with Gasteiger partial charge in [0, 0.05) is 24.5 Å². The lowest BCUT2D eigenvalue weighted by Gasteiger charge is -2.36. The smallest absolute Gasteiger partial charge is 0.332 e. The average molecular weight is 526 g/mol. The van der Waals surface area contributed by atoms with Crippen LogP contribution in [-0.4, -0.2) is 52.0 Å². The maximum absolute atomic E-state index is 13.8. The number of nitrogens with zero attached hydrogens (tertiary/aromatic N) is 5. The van der Waals surface area contributed by atoms with Gasteiger partial charge >= 0.3 is 12.4 Å². The summed E-state index contributed by atoms with van der Waals surface area (Å²) in [6.45, 7) is 1.93. The van der Waals surface area contributed by atoms with Gasteiger partial charge in [0.1, 0.15) is 6.34 Å². The molecule has 2 saturated carbocycles. The van der Waals surface area contributed by atoms with Crippen molar-refractivity contribution in [3.05, 3.63) is 53.3 Å². The summed E-state index contributed by atoms with van der Waals surface area (Å²) in [5, 5.41) is 1.53. The van der Waals surface area contributed by atoms with Crippen LogP contribution in [0.4, 0.5) is 32.3 Å². The third-order valence-corrected chi connectivity index (χ3v) is 7.14. The Hall–Kier alpha value is -3.38. The van der Waals surface area contributed by atoms with Crippen LogP contribution in [0.25, 0.3) is 0 Å². The third-order valence-electron chi connectivity index (χ3n) is 7.14. The minimum absolute atomic E-state index is 0.154. The van der Waals surface area contributed by atoms with Gasteiger partial charge < -0.3 is 4.90 Å². The molecule has 13 heteroatoms. The zero-order valence-corrected chi connectivity index (χ0v) is 19.7. The number of alkyl halides is 6. The highest BCUT2D eigenvalue weighted by Crippen LogP contribution is 2.59. The Morgan fingerprint density at radius 2 is 1.81 bits per heavy atom. The van der Waals surface area contributed by atoms with E-state index in [1.165, 1.54) is 28.6 Å². The number of carbonyl (C=O) groups is 1. The minimum atomic E-state index is -4.92. The fourth-order valence-corrected chi connectivity index (χ4v) is 4.64. The highest BCUT2D eigenvalue weighted by molar-refractivity contribution is 5.95. The summed E-state index contributed by atoms with van der Waals surface area (Å²) in [4.78, 5) is 27.8. The Morgan fingerprint density at radius 3 is 2.38 bits per heavy atom. The van der Waals surface area contributed by atoms with Crippen LogP contribution >= 0.6 is 0 Å². The van der Waals surface area contributed by atoms with Crippen LogP contribution < -0.4 is 10.4 Å². The van der Waals surface area contributed by atoms with E-state index in [2.05, 4.69) is 20.4 Å². The Balaban J connectivity index is 1.51. The predicted molar refractivity (Wildman–Crippen MR) is 122 cm³/mol. The maximum Gasteiger partial charge on any atom is 0.416 e. The number of aromatic nitrogens is 2. The molecule has 3 aliphatic rings. The van der Waals surface area contributed by atoms with E-state index in [0.29, 0.717) is 12.1 Å². The Morgan fingerprint density at radius 1 is 1.14 bits per heavy atom. The lowest BCUT2D eigenvalue weighted by atomic mass is 9.91. The second-order valence-electron chi connectivity index (χ2n) is 9.76. The number of amides is 1. The Kier molecular flexibility index (Phi) is 6.06. The Labute approximate surface area is 208 Å². The molecule has 2 fully saturated rings. The molecule has 1 amide bonds. The molecule has 2 heterocycles. The molecule has 1 N–H and O–H groups in total. The number of rotatable bonds is 7. The van der Waals surface area contributed by atoms with Crippen LogP contribution in [0.3, 0.4) is 0 Å². The van der Waals surface area contributed by atoms with Crippen LogP contribution in [0.1, 0.15) is 54.1 Å². The van der Waals surface area contributed by atoms with Gasteiger partial charge in [0.25, 0.3) is 5.91 Å². The lowest BCUT2D eigenvalue weighted by molar-refractivity contribution is -0.161. The van der Waals surface area contributed by atoms with E-state index >= 15 is 0 Å². The molecule has 2 aromatic rings. The molecule has 0 bridgehead atoms. The normalized spacial score (nSPS) is 21.5. The molecule has 0 spiro atoms. The standard InChI is InChI=1S/C24H24F6N6O/c1-14(19-33-13-34-36(19)21-31-7-2-8-32-21)35(12-15-3-4-15)20(37)16-9-17(11-18(10-16)23(25,26)27)22(5-6-22)24(28,29)30/h2,7-11,13-15,19H,3-6,12H2,1H3,(H,33,34). The summed E-state index contributed by atoms with van der Waals surface area (Å²) in [6, 6.07) is 3.09. The van der Waals surface area contributed by atoms with Gasteiger partial charge in [-0.1, -0.05) is 0 Å². The van der Waals surface area contributed by atoms with Gasteiger partial charge in [-0.05, 0) is 68.4 Å². The van der Waals surface area contributed by atoms with Crippen LogP contribution in [0.2, 0.25) is 0 Å². The predicted octanol–water partition coefficient (Wildman–Crippen LogP) is 4.71. The van der Waals surface area contributed by atoms with E-state index in [4.69, 9.17) is 0 Å². The molecule has 2 unspecified atom stereocenters. The number of aliphatic imine (C=N–C) groups is 1. The highest BCUT2D eigenvalue weighted by Gasteiger charge is 2.64. The van der Waals surface area contributed by atoms with Crippen molar-refractivity contribution in [2.45, 2.75) is 62.6 Å². The Bertz CT molecular complexity index is 1190. The van der Waals surface area contributed by atoms with Gasteiger partial charge in [-0.3, -0.25) is 10.2 Å². The minimum Gasteiger partial charge on any atom is -0.332 e. The first-order chi connectivity index (χ1) is 17.4. The third kappa shape index (κ3) is 4.82. The number of hydrogen-bond donors (Lipinski definition) is 1. The second kappa shape index (κ2) is 8.88. The SMILES string of the molecule is CC(C1N=CNN1c1ncccn1)N(CC1CC1)C(=O)c1cc(C(F)(F)F)cc(C2(C(F)(F)F)CC2)c1. The van der Waals surface area contributed by atoms with Gasteiger partial charge in [0.05, 0.1) is 17.0 Å². The summed E-state index contributed by atoms with van der Waals surface area (Å²) in [6.07, 6.45) is -4.84. The van der Waals surface area contributed by atoms with Crippen LogP contribution in [0.15, 0.2) is 41.7 Å². The average Bonchev–Trinajstić information content (AvgIpc) is 3.78. The van der Waals surface area contributed by atoms with Crippen molar-refractivity contribution >= 4 is 18.2 Å². The molecule has 37 heavy (non-hydrogen) atoms. The van der Waals surface area contributed by atoms with Crippen molar-refractivity contribution in [1.29, 1.82) is 0 Å². The zero-order chi connectivity index (χ0) is 26.6. The molecule has 2 aliphatic carbocycles. The number of anilines is 1. The zero-order valence-electron chi connectivity index (χ0n) is 19.7. The van der Waals surface area contributed by atoms with Crippen molar-refractivity contribution in [2.75, 3.05) is 11.6 Å². The van der Waals surface area contributed by atoms with Gasteiger partial charge in [-0.25, -0.2) is 20.0 Å². The van der Waals surface area contributed by atoms with Crippen LogP contribution in [0.5, 0.6) is 0 Å². The molecule has 198 valence electrons. The van der Waals surface area contributed by atoms with Crippen LogP contribution in [-0.2, 0) is 11.6 Å². The summed E-state index contributed by atoms with van der Waals surface area (Å²) in [5.74, 6) is -0.347. The number of halogens is 6. The number of carbonyl (C=O) groups excluding carboxylic acids is 1. The van der Waals surface area contributed by atoms with Crippen molar-refractivity contribution in [2.24, 2.45) is 10.9 Å². The largest absolute Gasteiger partial charge is 0.416 e. The monoisotopic (exact) mass is 526 g/mol. The first-order valence-electron chi connectivity index (χ1n) is 11.9. The highest BCUT2D eigenvalue weighted by atomic mass is 19.4. The van der Waals surface area contributed by atoms with E-state index in [0.717, 1.165) is 18.9 Å². The van der Waals surface area contributed by atoms with Gasteiger partial charge in [-0.15, -0.1) is 0 Å². The lowest BCUT2D eigenvalue weighted by Crippen LogP contribution is -2.53. The molecule has 1 aromatic carbocycles. The maximum atomic E-state index is 13.8.